The van der Waals surface area contributed by atoms with Crippen molar-refractivity contribution in [3.8, 4) is 0 Å². The van der Waals surface area contributed by atoms with Crippen LogP contribution in [0.4, 0.5) is 0 Å². The van der Waals surface area contributed by atoms with E-state index in [1.54, 1.807) is 6.33 Å². The Hall–Kier alpha value is -1.52. The van der Waals surface area contributed by atoms with E-state index in [-0.39, 0.29) is 0 Å². The molecule has 0 aliphatic carbocycles. The van der Waals surface area contributed by atoms with E-state index in [0.29, 0.717) is 6.04 Å². The van der Waals surface area contributed by atoms with Crippen molar-refractivity contribution in [3.05, 3.63) is 36.3 Å². The van der Waals surface area contributed by atoms with Gasteiger partial charge in [0.1, 0.15) is 6.33 Å². The SMILES string of the molecule is CN1CCCNC(c2ncnc3ccccc23)C1. The van der Waals surface area contributed by atoms with Gasteiger partial charge in [-0.2, -0.15) is 0 Å². The molecule has 4 heteroatoms. The molecular weight excluding hydrogens is 224 g/mol. The highest BCUT2D eigenvalue weighted by Crippen LogP contribution is 2.22. The molecule has 3 rings (SSSR count). The van der Waals surface area contributed by atoms with Crippen molar-refractivity contribution in [3.63, 3.8) is 0 Å². The van der Waals surface area contributed by atoms with Crippen LogP contribution in [0.25, 0.3) is 10.9 Å². The molecule has 1 saturated heterocycles. The normalized spacial score (nSPS) is 21.9. The number of rotatable bonds is 1. The molecule has 1 aromatic carbocycles. The summed E-state index contributed by atoms with van der Waals surface area (Å²) in [6, 6.07) is 8.52. The van der Waals surface area contributed by atoms with Gasteiger partial charge in [0.2, 0.25) is 0 Å². The summed E-state index contributed by atoms with van der Waals surface area (Å²) in [4.78, 5) is 11.2. The van der Waals surface area contributed by atoms with E-state index in [1.807, 2.05) is 12.1 Å². The van der Waals surface area contributed by atoms with Crippen molar-refractivity contribution in [1.29, 1.82) is 0 Å². The molecule has 18 heavy (non-hydrogen) atoms. The Morgan fingerprint density at radius 2 is 2.17 bits per heavy atom. The molecule has 1 aliphatic heterocycles. The van der Waals surface area contributed by atoms with Crippen LogP contribution in [0.5, 0.6) is 0 Å². The van der Waals surface area contributed by atoms with E-state index in [2.05, 4.69) is 39.4 Å². The van der Waals surface area contributed by atoms with Crippen molar-refractivity contribution in [2.75, 3.05) is 26.7 Å². The number of hydrogen-bond acceptors (Lipinski definition) is 4. The number of likely N-dealkylation sites (N-methyl/N-ethyl adjacent to an activating group) is 1. The van der Waals surface area contributed by atoms with Gasteiger partial charge in [0.15, 0.2) is 0 Å². The van der Waals surface area contributed by atoms with E-state index in [1.165, 1.54) is 6.42 Å². The van der Waals surface area contributed by atoms with Crippen LogP contribution in [0.15, 0.2) is 30.6 Å². The fraction of sp³-hybridized carbons (Fsp3) is 0.429. The number of nitrogens with zero attached hydrogens (tertiary/aromatic N) is 3. The summed E-state index contributed by atoms with van der Waals surface area (Å²) < 4.78 is 0. The van der Waals surface area contributed by atoms with Crippen LogP contribution in [0.2, 0.25) is 0 Å². The molecule has 0 amide bonds. The maximum absolute atomic E-state index is 4.51. The van der Waals surface area contributed by atoms with E-state index in [9.17, 15) is 0 Å². The summed E-state index contributed by atoms with van der Waals surface area (Å²) in [7, 11) is 2.17. The number of fused-ring (bicyclic) bond motifs is 1. The molecule has 1 N–H and O–H groups in total. The van der Waals surface area contributed by atoms with Gasteiger partial charge in [-0.25, -0.2) is 9.97 Å². The maximum Gasteiger partial charge on any atom is 0.116 e. The van der Waals surface area contributed by atoms with Gasteiger partial charge in [-0.3, -0.25) is 0 Å². The number of hydrogen-bond donors (Lipinski definition) is 1. The zero-order valence-electron chi connectivity index (χ0n) is 10.6. The molecule has 2 heterocycles. The van der Waals surface area contributed by atoms with Crippen LogP contribution in [-0.4, -0.2) is 41.5 Å². The Morgan fingerprint density at radius 3 is 3.11 bits per heavy atom. The number of benzene rings is 1. The van der Waals surface area contributed by atoms with E-state index in [0.717, 1.165) is 36.2 Å². The van der Waals surface area contributed by atoms with Gasteiger partial charge < -0.3 is 10.2 Å². The molecule has 2 aromatic rings. The van der Waals surface area contributed by atoms with Crippen molar-refractivity contribution in [2.45, 2.75) is 12.5 Å². The molecule has 94 valence electrons. The number of aromatic nitrogens is 2. The Morgan fingerprint density at radius 1 is 1.28 bits per heavy atom. The Balaban J connectivity index is 2.02. The van der Waals surface area contributed by atoms with Crippen LogP contribution >= 0.6 is 0 Å². The summed E-state index contributed by atoms with van der Waals surface area (Å²) in [6.45, 7) is 3.20. The molecule has 1 aliphatic rings. The second-order valence-corrected chi connectivity index (χ2v) is 4.90. The zero-order chi connectivity index (χ0) is 12.4. The van der Waals surface area contributed by atoms with E-state index < -0.39 is 0 Å². The fourth-order valence-electron chi connectivity index (χ4n) is 2.58. The molecule has 1 unspecified atom stereocenters. The zero-order valence-corrected chi connectivity index (χ0v) is 10.6. The standard InChI is InChI=1S/C14H18N4/c1-18-8-4-7-15-13(9-18)14-11-5-2-3-6-12(11)16-10-17-14/h2-3,5-6,10,13,15H,4,7-9H2,1H3. The summed E-state index contributed by atoms with van der Waals surface area (Å²) >= 11 is 0. The summed E-state index contributed by atoms with van der Waals surface area (Å²) in [5, 5.41) is 4.75. The third-order valence-corrected chi connectivity index (χ3v) is 3.51. The smallest absolute Gasteiger partial charge is 0.116 e. The molecule has 0 radical (unpaired) electrons. The van der Waals surface area contributed by atoms with Gasteiger partial charge in [0.25, 0.3) is 0 Å². The van der Waals surface area contributed by atoms with E-state index in [4.69, 9.17) is 0 Å². The van der Waals surface area contributed by atoms with Gasteiger partial charge in [-0.1, -0.05) is 18.2 Å². The van der Waals surface area contributed by atoms with Gasteiger partial charge >= 0.3 is 0 Å². The average Bonchev–Trinajstić information content (AvgIpc) is 2.63. The molecule has 1 atom stereocenters. The van der Waals surface area contributed by atoms with E-state index >= 15 is 0 Å². The minimum atomic E-state index is 0.297. The van der Waals surface area contributed by atoms with Gasteiger partial charge in [-0.05, 0) is 32.6 Å². The quantitative estimate of drug-likeness (QED) is 0.824. The van der Waals surface area contributed by atoms with Gasteiger partial charge in [0, 0.05) is 11.9 Å². The van der Waals surface area contributed by atoms with Crippen molar-refractivity contribution in [1.82, 2.24) is 20.2 Å². The number of nitrogens with one attached hydrogen (secondary N) is 1. The lowest BCUT2D eigenvalue weighted by molar-refractivity contribution is 0.325. The first-order valence-corrected chi connectivity index (χ1v) is 6.46. The van der Waals surface area contributed by atoms with Crippen LogP contribution in [0.3, 0.4) is 0 Å². The van der Waals surface area contributed by atoms with Crippen LogP contribution < -0.4 is 5.32 Å². The molecule has 0 saturated carbocycles. The van der Waals surface area contributed by atoms with Gasteiger partial charge in [-0.15, -0.1) is 0 Å². The molecule has 1 fully saturated rings. The monoisotopic (exact) mass is 242 g/mol. The lowest BCUT2D eigenvalue weighted by Gasteiger charge is -2.20. The first-order chi connectivity index (χ1) is 8.84. The average molecular weight is 242 g/mol. The highest BCUT2D eigenvalue weighted by atomic mass is 15.1. The summed E-state index contributed by atoms with van der Waals surface area (Å²) in [6.07, 6.45) is 2.86. The minimum absolute atomic E-state index is 0.297. The lowest BCUT2D eigenvalue weighted by atomic mass is 10.1. The molecule has 4 nitrogen and oxygen atoms in total. The Bertz CT molecular complexity index is 535. The Kier molecular flexibility index (Phi) is 3.21. The maximum atomic E-state index is 4.51. The summed E-state index contributed by atoms with van der Waals surface area (Å²) in [5.41, 5.74) is 2.14. The highest BCUT2D eigenvalue weighted by Gasteiger charge is 2.19. The predicted molar refractivity (Wildman–Crippen MR) is 72.4 cm³/mol. The van der Waals surface area contributed by atoms with Crippen molar-refractivity contribution in [2.24, 2.45) is 0 Å². The van der Waals surface area contributed by atoms with Crippen LogP contribution in [-0.2, 0) is 0 Å². The third-order valence-electron chi connectivity index (χ3n) is 3.51. The van der Waals surface area contributed by atoms with Crippen LogP contribution in [0, 0.1) is 0 Å². The first kappa shape index (κ1) is 11.6. The highest BCUT2D eigenvalue weighted by molar-refractivity contribution is 5.80. The number of para-hydroxylation sites is 1. The first-order valence-electron chi connectivity index (χ1n) is 6.46. The largest absolute Gasteiger partial charge is 0.308 e. The molecule has 0 bridgehead atoms. The lowest BCUT2D eigenvalue weighted by Crippen LogP contribution is -2.29. The van der Waals surface area contributed by atoms with Crippen molar-refractivity contribution >= 4 is 10.9 Å². The second-order valence-electron chi connectivity index (χ2n) is 4.90. The summed E-state index contributed by atoms with van der Waals surface area (Å²) in [5.74, 6) is 0. The third kappa shape index (κ3) is 2.21. The van der Waals surface area contributed by atoms with Crippen LogP contribution in [0.1, 0.15) is 18.2 Å². The predicted octanol–water partition coefficient (Wildman–Crippen LogP) is 1.60. The fourth-order valence-corrected chi connectivity index (χ4v) is 2.58. The van der Waals surface area contributed by atoms with Crippen molar-refractivity contribution < 1.29 is 0 Å². The molecule has 1 aromatic heterocycles. The second kappa shape index (κ2) is 5.00. The minimum Gasteiger partial charge on any atom is -0.308 e. The Labute approximate surface area is 107 Å². The van der Waals surface area contributed by atoms with Gasteiger partial charge in [0.05, 0.1) is 17.3 Å². The topological polar surface area (TPSA) is 41.0 Å². The molecular formula is C14H18N4. The molecule has 0 spiro atoms.